The fraction of sp³-hybridized carbons (Fsp3) is 0.429. The van der Waals surface area contributed by atoms with Crippen molar-refractivity contribution in [1.29, 1.82) is 0 Å². The molecule has 0 aliphatic carbocycles. The lowest BCUT2D eigenvalue weighted by Gasteiger charge is -2.41. The summed E-state index contributed by atoms with van der Waals surface area (Å²) in [6, 6.07) is 15.3. The van der Waals surface area contributed by atoms with Crippen molar-refractivity contribution in [2.45, 2.75) is 25.6 Å². The van der Waals surface area contributed by atoms with E-state index in [1.54, 1.807) is 13.2 Å². The fourth-order valence-corrected chi connectivity index (χ4v) is 3.60. The monoisotopic (exact) mass is 358 g/mol. The maximum absolute atomic E-state index is 13.9. The summed E-state index contributed by atoms with van der Waals surface area (Å²) in [4.78, 5) is 4.68. The molecule has 2 aromatic rings. The first-order valence-corrected chi connectivity index (χ1v) is 9.13. The smallest absolute Gasteiger partial charge is 0.127 e. The van der Waals surface area contributed by atoms with Crippen molar-refractivity contribution < 1.29 is 14.2 Å². The second-order valence-corrected chi connectivity index (χ2v) is 6.81. The summed E-state index contributed by atoms with van der Waals surface area (Å²) in [5, 5.41) is 9.48. The van der Waals surface area contributed by atoms with Gasteiger partial charge in [0.05, 0.1) is 7.11 Å². The van der Waals surface area contributed by atoms with Crippen LogP contribution in [-0.4, -0.2) is 54.3 Å². The minimum atomic E-state index is -0.148. The van der Waals surface area contributed by atoms with E-state index in [0.29, 0.717) is 6.54 Å². The van der Waals surface area contributed by atoms with Gasteiger partial charge in [-0.1, -0.05) is 30.3 Å². The molecule has 4 nitrogen and oxygen atoms in total. The minimum absolute atomic E-state index is 0.148. The Labute approximate surface area is 154 Å². The zero-order valence-electron chi connectivity index (χ0n) is 15.3. The molecule has 2 aromatic carbocycles. The molecule has 3 rings (SSSR count). The second kappa shape index (κ2) is 9.12. The molecule has 0 aromatic heterocycles. The third-order valence-electron chi connectivity index (χ3n) is 5.02. The number of methoxy groups -OCH3 is 1. The molecule has 5 heteroatoms. The first-order valence-electron chi connectivity index (χ1n) is 9.13. The van der Waals surface area contributed by atoms with Crippen LogP contribution in [0, 0.1) is 5.82 Å². The van der Waals surface area contributed by atoms with Crippen molar-refractivity contribution >= 4 is 0 Å². The summed E-state index contributed by atoms with van der Waals surface area (Å²) >= 11 is 0. The van der Waals surface area contributed by atoms with Crippen LogP contribution < -0.4 is 4.74 Å². The Hall–Kier alpha value is -1.95. The molecule has 1 aliphatic rings. The van der Waals surface area contributed by atoms with Crippen LogP contribution in [0.5, 0.6) is 5.75 Å². The van der Waals surface area contributed by atoms with Crippen LogP contribution in [0.4, 0.5) is 4.39 Å². The van der Waals surface area contributed by atoms with Crippen LogP contribution in [0.2, 0.25) is 0 Å². The largest absolute Gasteiger partial charge is 0.497 e. The van der Waals surface area contributed by atoms with Crippen LogP contribution in [-0.2, 0) is 13.1 Å². The van der Waals surface area contributed by atoms with Crippen LogP contribution in [0.15, 0.2) is 48.5 Å². The van der Waals surface area contributed by atoms with Crippen molar-refractivity contribution in [2.24, 2.45) is 0 Å². The lowest BCUT2D eigenvalue weighted by Crippen LogP contribution is -2.52. The molecule has 0 spiro atoms. The molecular weight excluding hydrogens is 331 g/mol. The van der Waals surface area contributed by atoms with E-state index in [1.807, 2.05) is 24.3 Å². The number of rotatable bonds is 7. The zero-order chi connectivity index (χ0) is 18.4. The van der Waals surface area contributed by atoms with E-state index in [9.17, 15) is 9.50 Å². The molecule has 0 amide bonds. The van der Waals surface area contributed by atoms with E-state index >= 15 is 0 Å². The summed E-state index contributed by atoms with van der Waals surface area (Å²) < 4.78 is 19.2. The number of aliphatic hydroxyl groups excluding tert-OH is 1. The van der Waals surface area contributed by atoms with Crippen LogP contribution >= 0.6 is 0 Å². The summed E-state index contributed by atoms with van der Waals surface area (Å²) in [7, 11) is 1.68. The van der Waals surface area contributed by atoms with Crippen molar-refractivity contribution in [1.82, 2.24) is 9.80 Å². The van der Waals surface area contributed by atoms with Gasteiger partial charge in [0.15, 0.2) is 0 Å². The lowest BCUT2D eigenvalue weighted by molar-refractivity contribution is 0.0494. The predicted octanol–water partition coefficient (Wildman–Crippen LogP) is 2.90. The maximum atomic E-state index is 13.9. The number of nitrogens with zero attached hydrogens (tertiary/aromatic N) is 2. The fourth-order valence-electron chi connectivity index (χ4n) is 3.60. The van der Waals surface area contributed by atoms with Crippen molar-refractivity contribution in [2.75, 3.05) is 33.4 Å². The summed E-state index contributed by atoms with van der Waals surface area (Å²) in [6.45, 7) is 4.22. The normalized spacial score (nSPS) is 18.8. The minimum Gasteiger partial charge on any atom is -0.497 e. The van der Waals surface area contributed by atoms with Crippen LogP contribution in [0.3, 0.4) is 0 Å². The highest BCUT2D eigenvalue weighted by molar-refractivity contribution is 5.28. The highest BCUT2D eigenvalue weighted by Crippen LogP contribution is 2.21. The van der Waals surface area contributed by atoms with Crippen molar-refractivity contribution in [3.63, 3.8) is 0 Å². The topological polar surface area (TPSA) is 35.9 Å². The first kappa shape index (κ1) is 18.8. The van der Waals surface area contributed by atoms with Gasteiger partial charge in [0.25, 0.3) is 0 Å². The van der Waals surface area contributed by atoms with E-state index in [1.165, 1.54) is 11.6 Å². The molecule has 26 heavy (non-hydrogen) atoms. The Morgan fingerprint density at radius 2 is 1.96 bits per heavy atom. The van der Waals surface area contributed by atoms with E-state index in [4.69, 9.17) is 4.74 Å². The number of hydrogen-bond donors (Lipinski definition) is 1. The first-order chi connectivity index (χ1) is 12.7. The summed E-state index contributed by atoms with van der Waals surface area (Å²) in [5.41, 5.74) is 1.94. The number of hydrogen-bond acceptors (Lipinski definition) is 4. The molecular formula is C21H27FN2O2. The average molecular weight is 358 g/mol. The lowest BCUT2D eigenvalue weighted by atomic mass is 10.1. The quantitative estimate of drug-likeness (QED) is 0.826. The molecule has 0 radical (unpaired) electrons. The molecule has 1 heterocycles. The van der Waals surface area contributed by atoms with E-state index in [-0.39, 0.29) is 18.5 Å². The third-order valence-corrected chi connectivity index (χ3v) is 5.02. The predicted molar refractivity (Wildman–Crippen MR) is 101 cm³/mol. The van der Waals surface area contributed by atoms with Gasteiger partial charge in [0.2, 0.25) is 0 Å². The van der Waals surface area contributed by atoms with Gasteiger partial charge < -0.3 is 9.84 Å². The van der Waals surface area contributed by atoms with E-state index in [2.05, 4.69) is 21.9 Å². The van der Waals surface area contributed by atoms with Crippen molar-refractivity contribution in [3.8, 4) is 5.75 Å². The van der Waals surface area contributed by atoms with Gasteiger partial charge >= 0.3 is 0 Å². The number of ether oxygens (including phenoxy) is 1. The average Bonchev–Trinajstić information content (AvgIpc) is 2.66. The molecule has 0 unspecified atom stereocenters. The third kappa shape index (κ3) is 4.81. The molecule has 140 valence electrons. The Morgan fingerprint density at radius 1 is 1.12 bits per heavy atom. The molecule has 1 N–H and O–H groups in total. The zero-order valence-corrected chi connectivity index (χ0v) is 15.3. The number of aliphatic hydroxyl groups is 1. The van der Waals surface area contributed by atoms with Crippen molar-refractivity contribution in [3.05, 3.63) is 65.5 Å². The SMILES string of the molecule is COc1cccc(CN2CCN(Cc3ccccc3F)C[C@@H]2CCO)c1. The van der Waals surface area contributed by atoms with Gasteiger partial charge in [-0.15, -0.1) is 0 Å². The highest BCUT2D eigenvalue weighted by Gasteiger charge is 2.27. The van der Waals surface area contributed by atoms with Gasteiger partial charge in [0, 0.05) is 50.9 Å². The molecule has 1 saturated heterocycles. The van der Waals surface area contributed by atoms with Crippen LogP contribution in [0.25, 0.3) is 0 Å². The summed E-state index contributed by atoms with van der Waals surface area (Å²) in [6.07, 6.45) is 0.720. The number of piperazine rings is 1. The van der Waals surface area contributed by atoms with Gasteiger partial charge in [-0.05, 0) is 30.2 Å². The van der Waals surface area contributed by atoms with Crippen LogP contribution in [0.1, 0.15) is 17.5 Å². The Kier molecular flexibility index (Phi) is 6.61. The Balaban J connectivity index is 1.65. The Bertz CT molecular complexity index is 710. The van der Waals surface area contributed by atoms with Gasteiger partial charge in [0.1, 0.15) is 11.6 Å². The Morgan fingerprint density at radius 3 is 2.73 bits per heavy atom. The molecule has 1 aliphatic heterocycles. The molecule has 1 fully saturated rings. The van der Waals surface area contributed by atoms with E-state index in [0.717, 1.165) is 43.9 Å². The molecule has 0 saturated carbocycles. The summed E-state index contributed by atoms with van der Waals surface area (Å²) in [5.74, 6) is 0.712. The van der Waals surface area contributed by atoms with E-state index < -0.39 is 0 Å². The van der Waals surface area contributed by atoms with Gasteiger partial charge in [-0.2, -0.15) is 0 Å². The maximum Gasteiger partial charge on any atom is 0.127 e. The second-order valence-electron chi connectivity index (χ2n) is 6.81. The van der Waals surface area contributed by atoms with Gasteiger partial charge in [-0.25, -0.2) is 4.39 Å². The highest BCUT2D eigenvalue weighted by atomic mass is 19.1. The van der Waals surface area contributed by atoms with Gasteiger partial charge in [-0.3, -0.25) is 9.80 Å². The standard InChI is InChI=1S/C21H27FN2O2/c1-26-20-7-4-5-17(13-20)14-24-11-10-23(16-19(24)9-12-25)15-18-6-2-3-8-21(18)22/h2-8,13,19,25H,9-12,14-16H2,1H3/t19-/m0/s1. The molecule has 1 atom stereocenters. The molecule has 0 bridgehead atoms. The number of benzene rings is 2. The number of halogens is 1.